The second-order valence-electron chi connectivity index (χ2n) is 2.26. The van der Waals surface area contributed by atoms with E-state index < -0.39 is 0 Å². The van der Waals surface area contributed by atoms with Crippen LogP contribution in [0.3, 0.4) is 0 Å². The number of pyridine rings is 1. The van der Waals surface area contributed by atoms with Crippen molar-refractivity contribution in [3.8, 4) is 0 Å². The Morgan fingerprint density at radius 3 is 3.10 bits per heavy atom. The number of nitrogens with zero attached hydrogens (tertiary/aromatic N) is 1. The summed E-state index contributed by atoms with van der Waals surface area (Å²) in [6.07, 6.45) is 1.65. The van der Waals surface area contributed by atoms with Crippen LogP contribution in [0, 0.1) is 6.92 Å². The molecule has 2 aromatic rings. The van der Waals surface area contributed by atoms with E-state index in [1.165, 1.54) is 0 Å². The molecular formula is C8H7NO. The van der Waals surface area contributed by atoms with Crippen LogP contribution in [-0.2, 0) is 0 Å². The molecule has 0 amide bonds. The molecule has 0 aliphatic rings. The first kappa shape index (κ1) is 5.47. The Morgan fingerprint density at radius 2 is 2.20 bits per heavy atom. The minimum atomic E-state index is 0.852. The molecule has 0 aliphatic heterocycles. The maximum atomic E-state index is 5.11. The topological polar surface area (TPSA) is 26.0 Å². The average Bonchev–Trinajstić information content (AvgIpc) is 2.33. The number of aromatic nitrogens is 1. The lowest BCUT2D eigenvalue weighted by Crippen LogP contribution is -1.76. The lowest BCUT2D eigenvalue weighted by molar-refractivity contribution is 0.615. The van der Waals surface area contributed by atoms with Crippen molar-refractivity contribution in [1.82, 2.24) is 4.98 Å². The van der Waals surface area contributed by atoms with E-state index in [1.807, 2.05) is 25.1 Å². The smallest absolute Gasteiger partial charge is 0.152 e. The van der Waals surface area contributed by atoms with Gasteiger partial charge in [0.1, 0.15) is 5.52 Å². The van der Waals surface area contributed by atoms with Crippen molar-refractivity contribution in [2.24, 2.45) is 0 Å². The van der Waals surface area contributed by atoms with E-state index >= 15 is 0 Å². The third kappa shape index (κ3) is 0.692. The number of aryl methyl sites for hydroxylation is 1. The van der Waals surface area contributed by atoms with Crippen molar-refractivity contribution in [1.29, 1.82) is 0 Å². The number of furan rings is 1. The molecule has 0 saturated carbocycles. The van der Waals surface area contributed by atoms with Crippen LogP contribution in [-0.4, -0.2) is 4.98 Å². The first-order valence-electron chi connectivity index (χ1n) is 3.17. The monoisotopic (exact) mass is 133 g/mol. The van der Waals surface area contributed by atoms with Gasteiger partial charge in [0.05, 0.1) is 6.26 Å². The van der Waals surface area contributed by atoms with Gasteiger partial charge in [0.25, 0.3) is 0 Å². The number of hydrogen-bond donors (Lipinski definition) is 0. The second-order valence-corrected chi connectivity index (χ2v) is 2.26. The van der Waals surface area contributed by atoms with Gasteiger partial charge in [-0.25, -0.2) is 4.98 Å². The average molecular weight is 133 g/mol. The quantitative estimate of drug-likeness (QED) is 0.550. The summed E-state index contributed by atoms with van der Waals surface area (Å²) in [5, 5.41) is 0. The second kappa shape index (κ2) is 1.84. The van der Waals surface area contributed by atoms with E-state index in [2.05, 4.69) is 4.98 Å². The molecule has 2 heteroatoms. The lowest BCUT2D eigenvalue weighted by Gasteiger charge is -1.88. The molecule has 2 rings (SSSR count). The fourth-order valence-corrected chi connectivity index (χ4v) is 0.955. The third-order valence-electron chi connectivity index (χ3n) is 1.45. The van der Waals surface area contributed by atoms with Gasteiger partial charge in [0.2, 0.25) is 0 Å². The van der Waals surface area contributed by atoms with Crippen LogP contribution in [0.1, 0.15) is 5.69 Å². The summed E-state index contributed by atoms with van der Waals surface area (Å²) >= 11 is 0. The number of fused-ring (bicyclic) bond motifs is 1. The Balaban J connectivity index is 2.86. The molecule has 0 bridgehead atoms. The summed E-state index contributed by atoms with van der Waals surface area (Å²) in [4.78, 5) is 4.24. The highest BCUT2D eigenvalue weighted by molar-refractivity contribution is 5.71. The van der Waals surface area contributed by atoms with Crippen LogP contribution in [0.25, 0.3) is 11.1 Å². The minimum Gasteiger partial charge on any atom is -0.463 e. The zero-order valence-corrected chi connectivity index (χ0v) is 5.66. The van der Waals surface area contributed by atoms with Gasteiger partial charge >= 0.3 is 0 Å². The van der Waals surface area contributed by atoms with E-state index in [0.29, 0.717) is 0 Å². The van der Waals surface area contributed by atoms with Gasteiger partial charge in [-0.2, -0.15) is 0 Å². The van der Waals surface area contributed by atoms with Gasteiger partial charge in [0, 0.05) is 11.8 Å². The molecule has 0 radical (unpaired) electrons. The Bertz CT molecular complexity index is 351. The largest absolute Gasteiger partial charge is 0.463 e. The van der Waals surface area contributed by atoms with Gasteiger partial charge < -0.3 is 4.42 Å². The maximum absolute atomic E-state index is 5.11. The normalized spacial score (nSPS) is 10.5. The van der Waals surface area contributed by atoms with E-state index in [-0.39, 0.29) is 0 Å². The highest BCUT2D eigenvalue weighted by Crippen LogP contribution is 2.11. The Morgan fingerprint density at radius 1 is 1.30 bits per heavy atom. The number of rotatable bonds is 0. The summed E-state index contributed by atoms with van der Waals surface area (Å²) in [5.74, 6) is 0. The van der Waals surface area contributed by atoms with E-state index in [1.54, 1.807) is 6.26 Å². The van der Waals surface area contributed by atoms with E-state index in [0.717, 1.165) is 16.8 Å². The summed E-state index contributed by atoms with van der Waals surface area (Å²) in [6.45, 7) is 1.96. The molecule has 50 valence electrons. The number of hydrogen-bond acceptors (Lipinski definition) is 2. The Hall–Kier alpha value is -1.31. The standard InChI is InChI=1S/C8H7NO/c1-6-2-3-8-7(9-6)4-5-10-8/h2-5H,1H3. The van der Waals surface area contributed by atoms with E-state index in [9.17, 15) is 0 Å². The molecule has 0 spiro atoms. The zero-order chi connectivity index (χ0) is 6.97. The first-order chi connectivity index (χ1) is 4.86. The summed E-state index contributed by atoms with van der Waals surface area (Å²) in [5.41, 5.74) is 2.81. The first-order valence-corrected chi connectivity index (χ1v) is 3.17. The third-order valence-corrected chi connectivity index (χ3v) is 1.45. The lowest BCUT2D eigenvalue weighted by atomic mass is 10.3. The molecule has 0 fully saturated rings. The van der Waals surface area contributed by atoms with Crippen LogP contribution >= 0.6 is 0 Å². The van der Waals surface area contributed by atoms with Crippen molar-refractivity contribution in [3.05, 3.63) is 30.2 Å². The molecule has 0 aliphatic carbocycles. The zero-order valence-electron chi connectivity index (χ0n) is 5.66. The van der Waals surface area contributed by atoms with Gasteiger partial charge in [-0.3, -0.25) is 0 Å². The minimum absolute atomic E-state index is 0.852. The fourth-order valence-electron chi connectivity index (χ4n) is 0.955. The van der Waals surface area contributed by atoms with Crippen LogP contribution in [0.5, 0.6) is 0 Å². The summed E-state index contributed by atoms with van der Waals surface area (Å²) < 4.78 is 5.11. The molecule has 2 nitrogen and oxygen atoms in total. The highest BCUT2D eigenvalue weighted by atomic mass is 16.3. The molecule has 2 aromatic heterocycles. The van der Waals surface area contributed by atoms with Crippen molar-refractivity contribution in [3.63, 3.8) is 0 Å². The Labute approximate surface area is 58.5 Å². The molecule has 10 heavy (non-hydrogen) atoms. The van der Waals surface area contributed by atoms with Crippen molar-refractivity contribution < 1.29 is 4.42 Å². The highest BCUT2D eigenvalue weighted by Gasteiger charge is 1.95. The maximum Gasteiger partial charge on any atom is 0.152 e. The predicted molar refractivity (Wildman–Crippen MR) is 38.7 cm³/mol. The summed E-state index contributed by atoms with van der Waals surface area (Å²) in [6, 6.07) is 5.73. The Kier molecular flexibility index (Phi) is 1.01. The fraction of sp³-hybridized carbons (Fsp3) is 0.125. The molecule has 0 aromatic carbocycles. The van der Waals surface area contributed by atoms with Crippen molar-refractivity contribution >= 4 is 11.1 Å². The van der Waals surface area contributed by atoms with Gasteiger partial charge in [0.15, 0.2) is 5.58 Å². The van der Waals surface area contributed by atoms with Gasteiger partial charge in [-0.05, 0) is 19.1 Å². The molecule has 2 heterocycles. The van der Waals surface area contributed by atoms with E-state index in [4.69, 9.17) is 4.42 Å². The predicted octanol–water partition coefficient (Wildman–Crippen LogP) is 2.14. The molecule has 0 saturated heterocycles. The van der Waals surface area contributed by atoms with Gasteiger partial charge in [-0.1, -0.05) is 0 Å². The van der Waals surface area contributed by atoms with Gasteiger partial charge in [-0.15, -0.1) is 0 Å². The molecule has 0 N–H and O–H groups in total. The van der Waals surface area contributed by atoms with Crippen LogP contribution in [0.2, 0.25) is 0 Å². The SMILES string of the molecule is Cc1ccc2occc2n1. The van der Waals surface area contributed by atoms with Crippen molar-refractivity contribution in [2.75, 3.05) is 0 Å². The summed E-state index contributed by atoms with van der Waals surface area (Å²) in [7, 11) is 0. The van der Waals surface area contributed by atoms with Crippen molar-refractivity contribution in [2.45, 2.75) is 6.92 Å². The molecular weight excluding hydrogens is 126 g/mol. The van der Waals surface area contributed by atoms with Crippen LogP contribution in [0.4, 0.5) is 0 Å². The molecule has 0 atom stereocenters. The van der Waals surface area contributed by atoms with Crippen LogP contribution < -0.4 is 0 Å². The van der Waals surface area contributed by atoms with Crippen LogP contribution in [0.15, 0.2) is 28.9 Å². The molecule has 0 unspecified atom stereocenters.